The Balaban J connectivity index is 1.96. The second-order valence-corrected chi connectivity index (χ2v) is 4.29. The number of hydrogen-bond acceptors (Lipinski definition) is 5. The molecule has 0 saturated heterocycles. The van der Waals surface area contributed by atoms with Gasteiger partial charge in [-0.2, -0.15) is 15.0 Å². The van der Waals surface area contributed by atoms with E-state index in [1.807, 2.05) is 18.2 Å². The zero-order chi connectivity index (χ0) is 13.2. The third-order valence-corrected chi connectivity index (χ3v) is 2.68. The van der Waals surface area contributed by atoms with Crippen LogP contribution in [0.15, 0.2) is 36.5 Å². The minimum Gasteiger partial charge on any atom is -0.424 e. The average Bonchev–Trinajstić information content (AvgIpc) is 2.37. The summed E-state index contributed by atoms with van der Waals surface area (Å²) in [5, 5.41) is 0.976. The Morgan fingerprint density at radius 1 is 0.947 bits per heavy atom. The van der Waals surface area contributed by atoms with Gasteiger partial charge in [-0.1, -0.05) is 6.07 Å². The number of fused-ring (bicyclic) bond motifs is 1. The van der Waals surface area contributed by atoms with Gasteiger partial charge in [0.1, 0.15) is 5.75 Å². The molecule has 0 spiro atoms. The SMILES string of the molecule is Clc1nc(Cl)nc(Oc2ccc3cccnc3c2)n1. The highest BCUT2D eigenvalue weighted by atomic mass is 35.5. The quantitative estimate of drug-likeness (QED) is 0.723. The first-order valence-electron chi connectivity index (χ1n) is 5.30. The Bertz CT molecular complexity index is 730. The van der Waals surface area contributed by atoms with Crippen LogP contribution in [0.1, 0.15) is 0 Å². The van der Waals surface area contributed by atoms with Crippen LogP contribution in [0.3, 0.4) is 0 Å². The number of hydrogen-bond donors (Lipinski definition) is 0. The summed E-state index contributed by atoms with van der Waals surface area (Å²) in [7, 11) is 0. The van der Waals surface area contributed by atoms with Crippen molar-refractivity contribution in [3.05, 3.63) is 47.1 Å². The van der Waals surface area contributed by atoms with E-state index >= 15 is 0 Å². The Hall–Kier alpha value is -1.98. The van der Waals surface area contributed by atoms with Crippen molar-refractivity contribution in [1.82, 2.24) is 19.9 Å². The highest BCUT2D eigenvalue weighted by Crippen LogP contribution is 2.23. The van der Waals surface area contributed by atoms with Gasteiger partial charge in [0.05, 0.1) is 5.52 Å². The predicted octanol–water partition coefficient (Wildman–Crippen LogP) is 3.52. The molecule has 7 heteroatoms. The number of nitrogens with zero attached hydrogens (tertiary/aromatic N) is 4. The molecule has 0 fully saturated rings. The molecule has 3 aromatic rings. The van der Waals surface area contributed by atoms with Crippen molar-refractivity contribution in [3.63, 3.8) is 0 Å². The molecule has 0 amide bonds. The van der Waals surface area contributed by atoms with Crippen molar-refractivity contribution >= 4 is 34.1 Å². The lowest BCUT2D eigenvalue weighted by Gasteiger charge is -2.04. The molecule has 0 saturated carbocycles. The predicted molar refractivity (Wildman–Crippen MR) is 71.7 cm³/mol. The number of ether oxygens (including phenoxy) is 1. The van der Waals surface area contributed by atoms with Crippen LogP contribution in [0.2, 0.25) is 10.6 Å². The standard InChI is InChI=1S/C12H6Cl2N4O/c13-10-16-11(14)18-12(17-10)19-8-4-3-7-2-1-5-15-9(7)6-8/h1-6H. The first-order chi connectivity index (χ1) is 9.20. The number of aromatic nitrogens is 4. The molecule has 0 aliphatic carbocycles. The fourth-order valence-corrected chi connectivity index (χ4v) is 1.92. The number of halogens is 2. The fourth-order valence-electron chi connectivity index (χ4n) is 1.57. The lowest BCUT2D eigenvalue weighted by molar-refractivity contribution is 0.440. The molecule has 0 bridgehead atoms. The molecule has 0 radical (unpaired) electrons. The fraction of sp³-hybridized carbons (Fsp3) is 0. The van der Waals surface area contributed by atoms with Gasteiger partial charge in [0.25, 0.3) is 0 Å². The van der Waals surface area contributed by atoms with Gasteiger partial charge in [0, 0.05) is 17.6 Å². The second kappa shape index (κ2) is 4.95. The van der Waals surface area contributed by atoms with Crippen LogP contribution in [0.25, 0.3) is 10.9 Å². The maximum Gasteiger partial charge on any atom is 0.327 e. The first-order valence-corrected chi connectivity index (χ1v) is 6.06. The molecule has 1 aromatic carbocycles. The molecule has 2 aromatic heterocycles. The van der Waals surface area contributed by atoms with E-state index in [9.17, 15) is 0 Å². The summed E-state index contributed by atoms with van der Waals surface area (Å²) in [6, 6.07) is 9.33. The highest BCUT2D eigenvalue weighted by molar-refractivity contribution is 6.31. The van der Waals surface area contributed by atoms with E-state index in [-0.39, 0.29) is 16.6 Å². The van der Waals surface area contributed by atoms with E-state index in [2.05, 4.69) is 19.9 Å². The summed E-state index contributed by atoms with van der Waals surface area (Å²) in [6.45, 7) is 0. The Kier molecular flexibility index (Phi) is 3.15. The molecule has 94 valence electrons. The summed E-state index contributed by atoms with van der Waals surface area (Å²) in [6.07, 6.45) is 1.71. The molecule has 19 heavy (non-hydrogen) atoms. The maximum atomic E-state index is 5.67. The number of pyridine rings is 1. The maximum absolute atomic E-state index is 5.67. The van der Waals surface area contributed by atoms with Crippen molar-refractivity contribution in [2.75, 3.05) is 0 Å². The van der Waals surface area contributed by atoms with Gasteiger partial charge in [0.15, 0.2) is 0 Å². The Morgan fingerprint density at radius 3 is 2.53 bits per heavy atom. The third-order valence-electron chi connectivity index (χ3n) is 2.35. The molecular formula is C12H6Cl2N4O. The van der Waals surface area contributed by atoms with Crippen LogP contribution >= 0.6 is 23.2 Å². The van der Waals surface area contributed by atoms with Crippen LogP contribution in [-0.2, 0) is 0 Å². The highest BCUT2D eigenvalue weighted by Gasteiger charge is 2.06. The average molecular weight is 293 g/mol. The zero-order valence-corrected chi connectivity index (χ0v) is 10.9. The van der Waals surface area contributed by atoms with Crippen molar-refractivity contribution < 1.29 is 4.74 Å². The van der Waals surface area contributed by atoms with E-state index in [4.69, 9.17) is 27.9 Å². The minimum atomic E-state index is -0.0195. The lowest BCUT2D eigenvalue weighted by Crippen LogP contribution is -1.95. The number of benzene rings is 1. The summed E-state index contributed by atoms with van der Waals surface area (Å²) in [5.41, 5.74) is 0.811. The van der Waals surface area contributed by atoms with Gasteiger partial charge >= 0.3 is 6.01 Å². The van der Waals surface area contributed by atoms with E-state index < -0.39 is 0 Å². The molecular weight excluding hydrogens is 287 g/mol. The number of rotatable bonds is 2. The van der Waals surface area contributed by atoms with Crippen LogP contribution < -0.4 is 4.74 Å². The molecule has 0 N–H and O–H groups in total. The molecule has 0 atom stereocenters. The topological polar surface area (TPSA) is 60.8 Å². The molecule has 0 aliphatic rings. The van der Waals surface area contributed by atoms with Crippen LogP contribution in [0.4, 0.5) is 0 Å². The minimum absolute atomic E-state index is 0.0195. The Morgan fingerprint density at radius 2 is 1.74 bits per heavy atom. The van der Waals surface area contributed by atoms with Gasteiger partial charge in [-0.3, -0.25) is 4.98 Å². The zero-order valence-electron chi connectivity index (χ0n) is 9.42. The normalized spacial score (nSPS) is 10.6. The van der Waals surface area contributed by atoms with Crippen LogP contribution in [0.5, 0.6) is 11.8 Å². The summed E-state index contributed by atoms with van der Waals surface area (Å²) < 4.78 is 5.48. The monoisotopic (exact) mass is 292 g/mol. The van der Waals surface area contributed by atoms with Gasteiger partial charge < -0.3 is 4.74 Å². The van der Waals surface area contributed by atoms with Gasteiger partial charge in [-0.25, -0.2) is 0 Å². The lowest BCUT2D eigenvalue weighted by atomic mass is 10.2. The van der Waals surface area contributed by atoms with Crippen LogP contribution in [0, 0.1) is 0 Å². The second-order valence-electron chi connectivity index (χ2n) is 3.62. The van der Waals surface area contributed by atoms with Crippen molar-refractivity contribution in [1.29, 1.82) is 0 Å². The van der Waals surface area contributed by atoms with E-state index in [1.165, 1.54) is 0 Å². The van der Waals surface area contributed by atoms with Gasteiger partial charge in [0.2, 0.25) is 10.6 Å². The van der Waals surface area contributed by atoms with Gasteiger partial charge in [-0.15, -0.1) is 0 Å². The summed E-state index contributed by atoms with van der Waals surface area (Å²) in [4.78, 5) is 15.5. The van der Waals surface area contributed by atoms with E-state index in [0.717, 1.165) is 10.9 Å². The van der Waals surface area contributed by atoms with Gasteiger partial charge in [-0.05, 0) is 41.4 Å². The van der Waals surface area contributed by atoms with E-state index in [1.54, 1.807) is 18.3 Å². The van der Waals surface area contributed by atoms with Crippen LogP contribution in [-0.4, -0.2) is 19.9 Å². The smallest absolute Gasteiger partial charge is 0.327 e. The summed E-state index contributed by atoms with van der Waals surface area (Å²) in [5.74, 6) is 0.546. The van der Waals surface area contributed by atoms with Crippen molar-refractivity contribution in [2.24, 2.45) is 0 Å². The first kappa shape index (κ1) is 12.1. The molecule has 5 nitrogen and oxygen atoms in total. The molecule has 0 aliphatic heterocycles. The Labute approximate surface area is 118 Å². The largest absolute Gasteiger partial charge is 0.424 e. The van der Waals surface area contributed by atoms with Crippen molar-refractivity contribution in [3.8, 4) is 11.8 Å². The molecule has 0 unspecified atom stereocenters. The van der Waals surface area contributed by atoms with Crippen molar-refractivity contribution in [2.45, 2.75) is 0 Å². The third kappa shape index (κ3) is 2.72. The molecule has 3 rings (SSSR count). The van der Waals surface area contributed by atoms with E-state index in [0.29, 0.717) is 5.75 Å². The molecule has 2 heterocycles. The summed E-state index contributed by atoms with van der Waals surface area (Å²) >= 11 is 11.3.